The summed E-state index contributed by atoms with van der Waals surface area (Å²) in [5.41, 5.74) is 1.70. The molecule has 5 heteroatoms. The van der Waals surface area contributed by atoms with Gasteiger partial charge in [-0.05, 0) is 33.6 Å². The molecule has 1 N–H and O–H groups in total. The van der Waals surface area contributed by atoms with Crippen LogP contribution in [-0.4, -0.2) is 4.98 Å². The van der Waals surface area contributed by atoms with E-state index >= 15 is 0 Å². The molecule has 0 bridgehead atoms. The van der Waals surface area contributed by atoms with Gasteiger partial charge in [0.1, 0.15) is 0 Å². The number of pyridine rings is 1. The number of rotatable bonds is 4. The highest BCUT2D eigenvalue weighted by molar-refractivity contribution is 9.10. The first-order valence-corrected chi connectivity index (χ1v) is 6.16. The minimum Gasteiger partial charge on any atom is -0.380 e. The maximum atomic E-state index is 12.5. The first kappa shape index (κ1) is 13.0. The quantitative estimate of drug-likeness (QED) is 0.905. The van der Waals surface area contributed by atoms with Gasteiger partial charge in [0.05, 0.1) is 11.9 Å². The number of nitrogens with zero attached hydrogens (tertiary/aromatic N) is 1. The van der Waals surface area contributed by atoms with Crippen LogP contribution in [0.2, 0.25) is 0 Å². The van der Waals surface area contributed by atoms with Crippen LogP contribution in [0.25, 0.3) is 0 Å². The van der Waals surface area contributed by atoms with Crippen LogP contribution >= 0.6 is 15.9 Å². The predicted molar refractivity (Wildman–Crippen MR) is 70.7 cm³/mol. The van der Waals surface area contributed by atoms with E-state index in [1.165, 1.54) is 12.1 Å². The monoisotopic (exact) mass is 312 g/mol. The molecule has 0 saturated carbocycles. The molecular weight excluding hydrogens is 302 g/mol. The maximum absolute atomic E-state index is 12.5. The van der Waals surface area contributed by atoms with Crippen molar-refractivity contribution in [2.75, 3.05) is 5.32 Å². The molecule has 0 aliphatic heterocycles. The molecule has 2 aromatic rings. The van der Waals surface area contributed by atoms with E-state index in [1.807, 2.05) is 12.1 Å². The molecular formula is C13H11BrF2N2. The van der Waals surface area contributed by atoms with Crippen molar-refractivity contribution < 1.29 is 8.78 Å². The molecule has 0 atom stereocenters. The fourth-order valence-electron chi connectivity index (χ4n) is 1.55. The average molecular weight is 313 g/mol. The number of benzene rings is 1. The van der Waals surface area contributed by atoms with Crippen molar-refractivity contribution in [2.45, 2.75) is 13.0 Å². The summed E-state index contributed by atoms with van der Waals surface area (Å²) in [4.78, 5) is 4.01. The Morgan fingerprint density at radius 1 is 1.22 bits per heavy atom. The Balaban J connectivity index is 2.04. The van der Waals surface area contributed by atoms with Crippen LogP contribution in [0.1, 0.15) is 17.6 Å². The van der Waals surface area contributed by atoms with E-state index in [0.29, 0.717) is 6.54 Å². The third kappa shape index (κ3) is 3.50. The van der Waals surface area contributed by atoms with E-state index < -0.39 is 6.43 Å². The molecule has 1 heterocycles. The minimum atomic E-state index is -2.43. The van der Waals surface area contributed by atoms with Crippen molar-refractivity contribution in [1.29, 1.82) is 0 Å². The topological polar surface area (TPSA) is 24.9 Å². The molecule has 0 radical (unpaired) electrons. The van der Waals surface area contributed by atoms with Crippen molar-refractivity contribution in [1.82, 2.24) is 4.98 Å². The normalized spacial score (nSPS) is 10.7. The molecule has 0 aliphatic rings. The molecule has 2 nitrogen and oxygen atoms in total. The number of halogens is 3. The van der Waals surface area contributed by atoms with E-state index in [-0.39, 0.29) is 5.56 Å². The van der Waals surface area contributed by atoms with Crippen LogP contribution in [0.4, 0.5) is 14.5 Å². The lowest BCUT2D eigenvalue weighted by molar-refractivity contribution is 0.151. The molecule has 1 aromatic heterocycles. The van der Waals surface area contributed by atoms with Gasteiger partial charge in [-0.15, -0.1) is 0 Å². The standard InChI is InChI=1S/C13H11BrF2N2/c14-11-5-12(8-17-7-11)18-6-9-2-1-3-10(4-9)13(15)16/h1-5,7-8,13,18H,6H2. The zero-order valence-electron chi connectivity index (χ0n) is 9.41. The lowest BCUT2D eigenvalue weighted by Gasteiger charge is -2.08. The van der Waals surface area contributed by atoms with Gasteiger partial charge >= 0.3 is 0 Å². The summed E-state index contributed by atoms with van der Waals surface area (Å²) in [7, 11) is 0. The largest absolute Gasteiger partial charge is 0.380 e. The summed E-state index contributed by atoms with van der Waals surface area (Å²) in [6, 6.07) is 8.25. The van der Waals surface area contributed by atoms with Crippen LogP contribution in [0.5, 0.6) is 0 Å². The van der Waals surface area contributed by atoms with Gasteiger partial charge in [-0.25, -0.2) is 8.78 Å². The zero-order chi connectivity index (χ0) is 13.0. The van der Waals surface area contributed by atoms with Crippen LogP contribution in [0, 0.1) is 0 Å². The van der Waals surface area contributed by atoms with Crippen molar-refractivity contribution in [2.24, 2.45) is 0 Å². The Bertz CT molecular complexity index is 532. The second-order valence-corrected chi connectivity index (χ2v) is 4.71. The van der Waals surface area contributed by atoms with Crippen LogP contribution in [0.15, 0.2) is 47.2 Å². The molecule has 94 valence electrons. The highest BCUT2D eigenvalue weighted by atomic mass is 79.9. The van der Waals surface area contributed by atoms with Crippen molar-refractivity contribution in [3.63, 3.8) is 0 Å². The Hall–Kier alpha value is -1.49. The Labute approximate surface area is 112 Å². The lowest BCUT2D eigenvalue weighted by atomic mass is 10.1. The molecule has 0 amide bonds. The molecule has 0 saturated heterocycles. The molecule has 18 heavy (non-hydrogen) atoms. The molecule has 0 fully saturated rings. The second kappa shape index (κ2) is 5.91. The van der Waals surface area contributed by atoms with E-state index in [9.17, 15) is 8.78 Å². The van der Waals surface area contributed by atoms with Crippen LogP contribution in [-0.2, 0) is 6.54 Å². The number of hydrogen-bond acceptors (Lipinski definition) is 2. The van der Waals surface area contributed by atoms with E-state index in [4.69, 9.17) is 0 Å². The van der Waals surface area contributed by atoms with Crippen LogP contribution < -0.4 is 5.32 Å². The summed E-state index contributed by atoms with van der Waals surface area (Å²) in [5.74, 6) is 0. The van der Waals surface area contributed by atoms with E-state index in [2.05, 4.69) is 26.2 Å². The summed E-state index contributed by atoms with van der Waals surface area (Å²) in [6.07, 6.45) is 0.933. The first-order chi connectivity index (χ1) is 8.65. The Kier molecular flexibility index (Phi) is 4.25. The fraction of sp³-hybridized carbons (Fsp3) is 0.154. The molecule has 0 spiro atoms. The van der Waals surface area contributed by atoms with Gasteiger partial charge in [-0.1, -0.05) is 18.2 Å². The summed E-state index contributed by atoms with van der Waals surface area (Å²) >= 11 is 3.32. The summed E-state index contributed by atoms with van der Waals surface area (Å²) < 4.78 is 25.9. The smallest absolute Gasteiger partial charge is 0.263 e. The van der Waals surface area contributed by atoms with Crippen molar-refractivity contribution >= 4 is 21.6 Å². The number of anilines is 1. The van der Waals surface area contributed by atoms with Gasteiger partial charge in [0.2, 0.25) is 0 Å². The highest BCUT2D eigenvalue weighted by Gasteiger charge is 2.06. The number of aromatic nitrogens is 1. The summed E-state index contributed by atoms with van der Waals surface area (Å²) in [5, 5.41) is 3.13. The second-order valence-electron chi connectivity index (χ2n) is 3.79. The van der Waals surface area contributed by atoms with Gasteiger partial charge in [0.15, 0.2) is 0 Å². The number of nitrogens with one attached hydrogen (secondary N) is 1. The lowest BCUT2D eigenvalue weighted by Crippen LogP contribution is -2.00. The van der Waals surface area contributed by atoms with Gasteiger partial charge in [0, 0.05) is 22.8 Å². The van der Waals surface area contributed by atoms with E-state index in [0.717, 1.165) is 15.7 Å². The third-order valence-corrected chi connectivity index (χ3v) is 2.84. The van der Waals surface area contributed by atoms with Gasteiger partial charge in [-0.2, -0.15) is 0 Å². The Morgan fingerprint density at radius 2 is 2.06 bits per heavy atom. The van der Waals surface area contributed by atoms with Crippen molar-refractivity contribution in [3.05, 3.63) is 58.3 Å². The molecule has 1 aromatic carbocycles. The van der Waals surface area contributed by atoms with Gasteiger partial charge in [-0.3, -0.25) is 4.98 Å². The number of alkyl halides is 2. The fourth-order valence-corrected chi connectivity index (χ4v) is 1.92. The van der Waals surface area contributed by atoms with Crippen LogP contribution in [0.3, 0.4) is 0 Å². The average Bonchev–Trinajstić information content (AvgIpc) is 2.37. The molecule has 0 aliphatic carbocycles. The van der Waals surface area contributed by atoms with Gasteiger partial charge < -0.3 is 5.32 Å². The van der Waals surface area contributed by atoms with Gasteiger partial charge in [0.25, 0.3) is 6.43 Å². The SMILES string of the molecule is FC(F)c1cccc(CNc2cncc(Br)c2)c1. The number of hydrogen-bond donors (Lipinski definition) is 1. The van der Waals surface area contributed by atoms with Crippen molar-refractivity contribution in [3.8, 4) is 0 Å². The first-order valence-electron chi connectivity index (χ1n) is 5.36. The molecule has 2 rings (SSSR count). The molecule has 0 unspecified atom stereocenters. The zero-order valence-corrected chi connectivity index (χ0v) is 11.0. The minimum absolute atomic E-state index is 0.0432. The van der Waals surface area contributed by atoms with E-state index in [1.54, 1.807) is 18.5 Å². The predicted octanol–water partition coefficient (Wildman–Crippen LogP) is 4.39. The highest BCUT2D eigenvalue weighted by Crippen LogP contribution is 2.20. The maximum Gasteiger partial charge on any atom is 0.263 e. The Morgan fingerprint density at radius 3 is 2.78 bits per heavy atom. The third-order valence-electron chi connectivity index (χ3n) is 2.40. The summed E-state index contributed by atoms with van der Waals surface area (Å²) in [6.45, 7) is 0.485.